The maximum Gasteiger partial charge on any atom is 0.256 e. The predicted molar refractivity (Wildman–Crippen MR) is 229 cm³/mol. The molecule has 8 rings (SSSR count). The lowest BCUT2D eigenvalue weighted by Crippen LogP contribution is -2.49. The number of aryl methyl sites for hydroxylation is 3. The number of piperazine rings is 1. The summed E-state index contributed by atoms with van der Waals surface area (Å²) in [5, 5.41) is 14.4. The Morgan fingerprint density at radius 3 is 2.26 bits per heavy atom. The molecule has 0 bridgehead atoms. The highest BCUT2D eigenvalue weighted by Gasteiger charge is 2.28. The third-order valence-electron chi connectivity index (χ3n) is 11.5. The normalized spacial score (nSPS) is 15.8. The van der Waals surface area contributed by atoms with Crippen LogP contribution in [0.4, 0.5) is 34.4 Å². The van der Waals surface area contributed by atoms with Gasteiger partial charge in [-0.1, -0.05) is 18.2 Å². The Morgan fingerprint density at radius 1 is 0.828 bits per heavy atom. The molecule has 7 N–H and O–H groups in total. The number of carbonyl (C=O) groups is 3. The predicted octanol–water partition coefficient (Wildman–Crippen LogP) is 5.23. The lowest BCUT2D eigenvalue weighted by atomic mass is 9.95. The standard InChI is InChI=1S/C44H51N11O3/c1-29-3-2-4-39(48-29)50-44(58)32-7-5-31(6-8-32)41-40(42(46)57)43-49-37-14-13-36(27-33(37)18-22-55(43)51-41)54-25-23-52(24-26-54)28-30-16-20-53(21-17-30)35-11-9-34(10-12-35)47-19-15-38(45)56/h2-14,27,30,47,49H,15-26,28H2,1H3,(H2,45,56)(H2,46,57)(H,48,50,58). The number of nitrogens with zero attached hydrogens (tertiary/aromatic N) is 6. The van der Waals surface area contributed by atoms with Crippen LogP contribution in [0.15, 0.2) is 84.9 Å². The van der Waals surface area contributed by atoms with Crippen molar-refractivity contribution in [1.82, 2.24) is 19.7 Å². The van der Waals surface area contributed by atoms with Gasteiger partial charge in [0, 0.05) is 105 Å². The SMILES string of the molecule is Cc1cccc(NC(=O)c2ccc(-c3nn4c(c3C(N)=O)Nc3ccc(N5CCN(CC6CCN(c7ccc(NCCC(N)=O)cc7)CC6)CC5)cc3CC4)cc2)n1. The van der Waals surface area contributed by atoms with Crippen LogP contribution in [-0.2, 0) is 17.8 Å². The molecule has 5 heterocycles. The lowest BCUT2D eigenvalue weighted by Gasteiger charge is -2.40. The summed E-state index contributed by atoms with van der Waals surface area (Å²) >= 11 is 0. The van der Waals surface area contributed by atoms with Gasteiger partial charge in [-0.3, -0.25) is 19.3 Å². The molecular weight excluding hydrogens is 731 g/mol. The van der Waals surface area contributed by atoms with Gasteiger partial charge < -0.3 is 37.2 Å². The first-order valence-electron chi connectivity index (χ1n) is 20.2. The fourth-order valence-electron chi connectivity index (χ4n) is 8.27. The molecule has 3 aromatic carbocycles. The number of aromatic nitrogens is 3. The summed E-state index contributed by atoms with van der Waals surface area (Å²) in [4.78, 5) is 48.7. The molecule has 2 aromatic heterocycles. The lowest BCUT2D eigenvalue weighted by molar-refractivity contribution is -0.117. The summed E-state index contributed by atoms with van der Waals surface area (Å²) in [5.41, 5.74) is 19.6. The number of primary amides is 2. The minimum atomic E-state index is -0.571. The van der Waals surface area contributed by atoms with Crippen molar-refractivity contribution < 1.29 is 14.4 Å². The third kappa shape index (κ3) is 8.76. The van der Waals surface area contributed by atoms with Gasteiger partial charge in [0.15, 0.2) is 0 Å². The number of amides is 3. The zero-order chi connectivity index (χ0) is 40.2. The molecular formula is C44H51N11O3. The monoisotopic (exact) mass is 781 g/mol. The van der Waals surface area contributed by atoms with Crippen LogP contribution in [0.3, 0.4) is 0 Å². The van der Waals surface area contributed by atoms with Gasteiger partial charge in [-0.2, -0.15) is 5.10 Å². The van der Waals surface area contributed by atoms with Crippen molar-refractivity contribution >= 4 is 52.1 Å². The number of carbonyl (C=O) groups excluding carboxylic acids is 3. The van der Waals surface area contributed by atoms with Crippen molar-refractivity contribution in [3.05, 3.63) is 107 Å². The Kier molecular flexibility index (Phi) is 11.3. The van der Waals surface area contributed by atoms with E-state index in [0.29, 0.717) is 59.4 Å². The molecule has 3 amide bonds. The number of nitrogens with two attached hydrogens (primary N) is 2. The van der Waals surface area contributed by atoms with E-state index in [-0.39, 0.29) is 11.8 Å². The van der Waals surface area contributed by atoms with Crippen LogP contribution in [0, 0.1) is 12.8 Å². The second-order valence-corrected chi connectivity index (χ2v) is 15.5. The number of rotatable bonds is 12. The molecule has 300 valence electrons. The molecule has 58 heavy (non-hydrogen) atoms. The van der Waals surface area contributed by atoms with Crippen molar-refractivity contribution in [2.45, 2.75) is 39.2 Å². The smallest absolute Gasteiger partial charge is 0.256 e. The minimum absolute atomic E-state index is 0.276. The largest absolute Gasteiger partial charge is 0.385 e. The molecule has 2 fully saturated rings. The van der Waals surface area contributed by atoms with Crippen LogP contribution in [-0.4, -0.2) is 89.7 Å². The van der Waals surface area contributed by atoms with Crippen LogP contribution in [0.2, 0.25) is 0 Å². The minimum Gasteiger partial charge on any atom is -0.385 e. The average molecular weight is 782 g/mol. The second-order valence-electron chi connectivity index (χ2n) is 15.5. The highest BCUT2D eigenvalue weighted by Crippen LogP contribution is 2.36. The van der Waals surface area contributed by atoms with E-state index in [2.05, 4.69) is 78.1 Å². The van der Waals surface area contributed by atoms with E-state index < -0.39 is 5.91 Å². The van der Waals surface area contributed by atoms with Gasteiger partial charge in [-0.25, -0.2) is 9.67 Å². The number of piperidine rings is 1. The molecule has 0 aliphatic carbocycles. The third-order valence-corrected chi connectivity index (χ3v) is 11.5. The van der Waals surface area contributed by atoms with Crippen LogP contribution >= 0.6 is 0 Å². The van der Waals surface area contributed by atoms with Gasteiger partial charge in [0.05, 0.1) is 0 Å². The van der Waals surface area contributed by atoms with Crippen molar-refractivity contribution in [1.29, 1.82) is 0 Å². The number of pyridine rings is 1. The number of hydrogen-bond acceptors (Lipinski definition) is 10. The summed E-state index contributed by atoms with van der Waals surface area (Å²) < 4.78 is 1.83. The molecule has 0 spiro atoms. The second kappa shape index (κ2) is 17.0. The summed E-state index contributed by atoms with van der Waals surface area (Å²) in [5.74, 6) is 0.608. The number of fused-ring (bicyclic) bond motifs is 2. The summed E-state index contributed by atoms with van der Waals surface area (Å²) in [6, 6.07) is 27.4. The van der Waals surface area contributed by atoms with Gasteiger partial charge >= 0.3 is 0 Å². The first-order chi connectivity index (χ1) is 28.2. The fourth-order valence-corrected chi connectivity index (χ4v) is 8.27. The molecule has 14 nitrogen and oxygen atoms in total. The van der Waals surface area contributed by atoms with Gasteiger partial charge in [-0.05, 0) is 104 Å². The molecule has 3 aliphatic rings. The zero-order valence-electron chi connectivity index (χ0n) is 32.9. The van der Waals surface area contributed by atoms with Crippen molar-refractivity contribution in [2.24, 2.45) is 17.4 Å². The Hall–Kier alpha value is -6.41. The first kappa shape index (κ1) is 38.5. The maximum absolute atomic E-state index is 12.9. The van der Waals surface area contributed by atoms with Crippen LogP contribution in [0.25, 0.3) is 11.3 Å². The quantitative estimate of drug-likeness (QED) is 0.113. The zero-order valence-corrected chi connectivity index (χ0v) is 32.9. The van der Waals surface area contributed by atoms with E-state index in [4.69, 9.17) is 16.6 Å². The van der Waals surface area contributed by atoms with E-state index in [1.165, 1.54) is 29.8 Å². The Morgan fingerprint density at radius 2 is 1.55 bits per heavy atom. The Bertz CT molecular complexity index is 2270. The van der Waals surface area contributed by atoms with E-state index >= 15 is 0 Å². The molecule has 0 atom stereocenters. The van der Waals surface area contributed by atoms with E-state index in [0.717, 1.165) is 69.3 Å². The molecule has 0 saturated carbocycles. The van der Waals surface area contributed by atoms with Crippen LogP contribution in [0.5, 0.6) is 0 Å². The number of hydrogen-bond donors (Lipinski definition) is 5. The number of nitrogens with one attached hydrogen (secondary N) is 3. The summed E-state index contributed by atoms with van der Waals surface area (Å²) in [6.45, 7) is 10.3. The fraction of sp³-hybridized carbons (Fsp3) is 0.341. The maximum atomic E-state index is 12.9. The highest BCUT2D eigenvalue weighted by atomic mass is 16.2. The molecule has 3 aliphatic heterocycles. The molecule has 2 saturated heterocycles. The van der Waals surface area contributed by atoms with Gasteiger partial charge in [0.25, 0.3) is 11.8 Å². The van der Waals surface area contributed by atoms with Crippen molar-refractivity contribution in [3.8, 4) is 11.3 Å². The van der Waals surface area contributed by atoms with E-state index in [1.54, 1.807) is 30.3 Å². The van der Waals surface area contributed by atoms with E-state index in [1.807, 2.05) is 23.7 Å². The van der Waals surface area contributed by atoms with Crippen molar-refractivity contribution in [2.75, 3.05) is 78.1 Å². The summed E-state index contributed by atoms with van der Waals surface area (Å²) in [7, 11) is 0. The van der Waals surface area contributed by atoms with E-state index in [9.17, 15) is 14.4 Å². The number of benzene rings is 3. The Balaban J connectivity index is 0.845. The van der Waals surface area contributed by atoms with Gasteiger partial charge in [0.2, 0.25) is 5.91 Å². The average Bonchev–Trinajstić information content (AvgIpc) is 3.49. The Labute approximate surface area is 338 Å². The highest BCUT2D eigenvalue weighted by molar-refractivity contribution is 6.06. The number of anilines is 6. The van der Waals surface area contributed by atoms with Gasteiger partial charge in [0.1, 0.15) is 22.9 Å². The molecule has 14 heteroatoms. The molecule has 0 unspecified atom stereocenters. The molecule has 5 aromatic rings. The van der Waals surface area contributed by atoms with Gasteiger partial charge in [-0.15, -0.1) is 0 Å². The summed E-state index contributed by atoms with van der Waals surface area (Å²) in [6.07, 6.45) is 3.44. The van der Waals surface area contributed by atoms with Crippen molar-refractivity contribution in [3.63, 3.8) is 0 Å². The molecule has 0 radical (unpaired) electrons. The topological polar surface area (TPSA) is 180 Å². The van der Waals surface area contributed by atoms with Crippen LogP contribution < -0.4 is 37.2 Å². The van der Waals surface area contributed by atoms with Crippen LogP contribution in [0.1, 0.15) is 51.2 Å². The first-order valence-corrected chi connectivity index (χ1v) is 20.2.